The number of ether oxygens (including phenoxy) is 2. The Balaban J connectivity index is 2.57. The van der Waals surface area contributed by atoms with Gasteiger partial charge in [-0.2, -0.15) is 0 Å². The van der Waals surface area contributed by atoms with Crippen LogP contribution in [0.4, 0.5) is 4.79 Å². The van der Waals surface area contributed by atoms with Gasteiger partial charge in [-0.15, -0.1) is 0 Å². The lowest BCUT2D eigenvalue weighted by atomic mass is 9.93. The summed E-state index contributed by atoms with van der Waals surface area (Å²) in [5, 5.41) is 5.85. The molecule has 0 aliphatic carbocycles. The van der Waals surface area contributed by atoms with Gasteiger partial charge in [-0.1, -0.05) is 0 Å². The molecule has 0 aromatic heterocycles. The predicted molar refractivity (Wildman–Crippen MR) is 66.2 cm³/mol. The van der Waals surface area contributed by atoms with E-state index in [-0.39, 0.29) is 17.9 Å². The third-order valence-electron chi connectivity index (χ3n) is 2.69. The van der Waals surface area contributed by atoms with E-state index in [2.05, 4.69) is 10.6 Å². The molecule has 0 aromatic carbocycles. The molecule has 0 aromatic rings. The third kappa shape index (κ3) is 4.52. The summed E-state index contributed by atoms with van der Waals surface area (Å²) in [6, 6.07) is -0.291. The number of hydrogen-bond acceptors (Lipinski definition) is 5. The molecule has 1 saturated heterocycles. The Kier molecular flexibility index (Phi) is 4.95. The summed E-state index contributed by atoms with van der Waals surface area (Å²) < 4.78 is 9.92. The molecule has 1 aliphatic rings. The fourth-order valence-corrected chi connectivity index (χ4v) is 1.90. The molecule has 0 unspecified atom stereocenters. The largest absolute Gasteiger partial charge is 0.469 e. The van der Waals surface area contributed by atoms with Crippen LogP contribution in [0.5, 0.6) is 0 Å². The lowest BCUT2D eigenvalue weighted by Gasteiger charge is -2.31. The standard InChI is InChI=1S/C12H22N2O4/c1-12(2,3)18-11(16)14-9-7-13-6-5-8(9)10(15)17-4/h8-9,13H,5-7H2,1-4H3,(H,14,16)/t8-,9-/m1/s1. The van der Waals surface area contributed by atoms with E-state index in [1.165, 1.54) is 7.11 Å². The quantitative estimate of drug-likeness (QED) is 0.712. The molecule has 1 fully saturated rings. The number of nitrogens with one attached hydrogen (secondary N) is 2. The van der Waals surface area contributed by atoms with Gasteiger partial charge in [-0.3, -0.25) is 4.79 Å². The molecule has 2 atom stereocenters. The van der Waals surface area contributed by atoms with Gasteiger partial charge in [0.15, 0.2) is 0 Å². The highest BCUT2D eigenvalue weighted by atomic mass is 16.6. The van der Waals surface area contributed by atoms with Gasteiger partial charge >= 0.3 is 12.1 Å². The maximum Gasteiger partial charge on any atom is 0.407 e. The van der Waals surface area contributed by atoms with Crippen LogP contribution in [0, 0.1) is 5.92 Å². The number of alkyl carbamates (subject to hydrolysis) is 1. The molecule has 0 spiro atoms. The maximum absolute atomic E-state index is 11.7. The lowest BCUT2D eigenvalue weighted by Crippen LogP contribution is -2.54. The molecule has 1 aliphatic heterocycles. The molecule has 1 amide bonds. The van der Waals surface area contributed by atoms with Gasteiger partial charge in [-0.25, -0.2) is 4.79 Å². The highest BCUT2D eigenvalue weighted by molar-refractivity contribution is 5.75. The Morgan fingerprint density at radius 2 is 2.00 bits per heavy atom. The topological polar surface area (TPSA) is 76.7 Å². The molecule has 2 N–H and O–H groups in total. The van der Waals surface area contributed by atoms with Crippen molar-refractivity contribution in [2.45, 2.75) is 38.8 Å². The summed E-state index contributed by atoms with van der Waals surface area (Å²) in [6.07, 6.45) is 0.137. The fraction of sp³-hybridized carbons (Fsp3) is 0.833. The zero-order valence-corrected chi connectivity index (χ0v) is 11.4. The number of carbonyl (C=O) groups is 2. The number of amides is 1. The van der Waals surface area contributed by atoms with Crippen LogP contribution in [0.25, 0.3) is 0 Å². The van der Waals surface area contributed by atoms with Gasteiger partial charge in [-0.05, 0) is 33.7 Å². The molecule has 104 valence electrons. The van der Waals surface area contributed by atoms with E-state index >= 15 is 0 Å². The Hall–Kier alpha value is -1.30. The summed E-state index contributed by atoms with van der Waals surface area (Å²) >= 11 is 0. The predicted octanol–water partition coefficient (Wildman–Crippen LogP) is 0.662. The molecule has 1 heterocycles. The average molecular weight is 258 g/mol. The van der Waals surface area contributed by atoms with E-state index in [9.17, 15) is 9.59 Å². The smallest absolute Gasteiger partial charge is 0.407 e. The Morgan fingerprint density at radius 1 is 1.33 bits per heavy atom. The average Bonchev–Trinajstić information content (AvgIpc) is 2.26. The number of carbonyl (C=O) groups excluding carboxylic acids is 2. The summed E-state index contributed by atoms with van der Waals surface area (Å²) in [6.45, 7) is 6.67. The van der Waals surface area contributed by atoms with Gasteiger partial charge in [0.05, 0.1) is 19.1 Å². The van der Waals surface area contributed by atoms with Crippen molar-refractivity contribution < 1.29 is 19.1 Å². The van der Waals surface area contributed by atoms with Crippen molar-refractivity contribution in [2.24, 2.45) is 5.92 Å². The van der Waals surface area contributed by atoms with E-state index in [1.54, 1.807) is 20.8 Å². The first-order chi connectivity index (χ1) is 8.33. The van der Waals surface area contributed by atoms with E-state index < -0.39 is 11.7 Å². The van der Waals surface area contributed by atoms with Crippen LogP contribution < -0.4 is 10.6 Å². The van der Waals surface area contributed by atoms with Crippen molar-refractivity contribution in [1.29, 1.82) is 0 Å². The minimum atomic E-state index is -0.549. The maximum atomic E-state index is 11.7. The molecule has 0 bridgehead atoms. The summed E-state index contributed by atoms with van der Waals surface area (Å²) in [4.78, 5) is 23.3. The van der Waals surface area contributed by atoms with Crippen molar-refractivity contribution in [2.75, 3.05) is 20.2 Å². The number of rotatable bonds is 2. The van der Waals surface area contributed by atoms with E-state index in [4.69, 9.17) is 9.47 Å². The van der Waals surface area contributed by atoms with Crippen molar-refractivity contribution in [1.82, 2.24) is 10.6 Å². The Morgan fingerprint density at radius 3 is 2.56 bits per heavy atom. The van der Waals surface area contributed by atoms with E-state index in [0.717, 1.165) is 6.54 Å². The first kappa shape index (κ1) is 14.8. The summed E-state index contributed by atoms with van der Waals surface area (Å²) in [7, 11) is 1.36. The monoisotopic (exact) mass is 258 g/mol. The van der Waals surface area contributed by atoms with Gasteiger partial charge in [0.25, 0.3) is 0 Å². The van der Waals surface area contributed by atoms with Crippen LogP contribution in [0.15, 0.2) is 0 Å². The Labute approximate surface area is 107 Å². The van der Waals surface area contributed by atoms with Crippen LogP contribution in [0.2, 0.25) is 0 Å². The molecule has 6 nitrogen and oxygen atoms in total. The van der Waals surface area contributed by atoms with Crippen molar-refractivity contribution in [3.8, 4) is 0 Å². The van der Waals surface area contributed by atoms with Crippen LogP contribution in [0.1, 0.15) is 27.2 Å². The summed E-state index contributed by atoms with van der Waals surface area (Å²) in [5.41, 5.74) is -0.549. The van der Waals surface area contributed by atoms with E-state index in [0.29, 0.717) is 13.0 Å². The molecule has 1 rings (SSSR count). The molecule has 0 saturated carbocycles. The summed E-state index contributed by atoms with van der Waals surface area (Å²) in [5.74, 6) is -0.610. The second-order valence-electron chi connectivity index (χ2n) is 5.38. The SMILES string of the molecule is COC(=O)[C@@H]1CCNC[C@H]1NC(=O)OC(C)(C)C. The normalized spacial score (nSPS) is 24.2. The number of esters is 1. The van der Waals surface area contributed by atoms with Gasteiger partial charge < -0.3 is 20.1 Å². The van der Waals surface area contributed by atoms with E-state index in [1.807, 2.05) is 0 Å². The van der Waals surface area contributed by atoms with Crippen LogP contribution in [-0.2, 0) is 14.3 Å². The van der Waals surface area contributed by atoms with Crippen LogP contribution >= 0.6 is 0 Å². The number of piperidine rings is 1. The zero-order chi connectivity index (χ0) is 13.8. The first-order valence-electron chi connectivity index (χ1n) is 6.11. The number of methoxy groups -OCH3 is 1. The van der Waals surface area contributed by atoms with Crippen molar-refractivity contribution in [3.63, 3.8) is 0 Å². The zero-order valence-electron chi connectivity index (χ0n) is 11.4. The minimum Gasteiger partial charge on any atom is -0.469 e. The van der Waals surface area contributed by atoms with Gasteiger partial charge in [0, 0.05) is 6.54 Å². The third-order valence-corrected chi connectivity index (χ3v) is 2.69. The lowest BCUT2D eigenvalue weighted by molar-refractivity contribution is -0.147. The molecule has 0 radical (unpaired) electrons. The molecular weight excluding hydrogens is 236 g/mol. The first-order valence-corrected chi connectivity index (χ1v) is 6.11. The molecule has 6 heteroatoms. The van der Waals surface area contributed by atoms with Crippen molar-refractivity contribution >= 4 is 12.1 Å². The number of hydrogen-bond donors (Lipinski definition) is 2. The van der Waals surface area contributed by atoms with Gasteiger partial charge in [0.1, 0.15) is 5.60 Å². The minimum absolute atomic E-state index is 0.291. The highest BCUT2D eigenvalue weighted by Crippen LogP contribution is 2.15. The fourth-order valence-electron chi connectivity index (χ4n) is 1.90. The van der Waals surface area contributed by atoms with Gasteiger partial charge in [0.2, 0.25) is 0 Å². The highest BCUT2D eigenvalue weighted by Gasteiger charge is 2.33. The van der Waals surface area contributed by atoms with Crippen LogP contribution in [-0.4, -0.2) is 43.9 Å². The van der Waals surface area contributed by atoms with Crippen LogP contribution in [0.3, 0.4) is 0 Å². The second-order valence-corrected chi connectivity index (χ2v) is 5.38. The molecular formula is C12H22N2O4. The second kappa shape index (κ2) is 6.04. The van der Waals surface area contributed by atoms with Crippen molar-refractivity contribution in [3.05, 3.63) is 0 Å². The molecule has 18 heavy (non-hydrogen) atoms. The Bertz CT molecular complexity index is 312.